The second-order valence-corrected chi connectivity index (χ2v) is 7.34. The average molecular weight is 312 g/mol. The van der Waals surface area contributed by atoms with Crippen LogP contribution in [0, 0.1) is 0 Å². The van der Waals surface area contributed by atoms with Crippen LogP contribution < -0.4 is 10.2 Å². The van der Waals surface area contributed by atoms with Crippen LogP contribution in [0.1, 0.15) is 6.42 Å². The van der Waals surface area contributed by atoms with Crippen molar-refractivity contribution in [1.29, 1.82) is 0 Å². The van der Waals surface area contributed by atoms with Crippen molar-refractivity contribution < 1.29 is 17.9 Å². The fraction of sp³-hybridized carbons (Fsp3) is 0.500. The van der Waals surface area contributed by atoms with E-state index in [9.17, 15) is 13.2 Å². The summed E-state index contributed by atoms with van der Waals surface area (Å²) in [5.41, 5.74) is 1.71. The highest BCUT2D eigenvalue weighted by atomic mass is 32.2. The predicted molar refractivity (Wildman–Crippen MR) is 82.4 cm³/mol. The van der Waals surface area contributed by atoms with Crippen molar-refractivity contribution in [3.8, 4) is 0 Å². The van der Waals surface area contributed by atoms with Gasteiger partial charge in [-0.15, -0.1) is 0 Å². The van der Waals surface area contributed by atoms with Crippen LogP contribution in [-0.4, -0.2) is 52.6 Å². The molecule has 0 bridgehead atoms. The first kappa shape index (κ1) is 15.8. The Morgan fingerprint density at radius 3 is 2.71 bits per heavy atom. The molecule has 0 aromatic heterocycles. The highest BCUT2D eigenvalue weighted by molar-refractivity contribution is 7.90. The number of sulfone groups is 1. The van der Waals surface area contributed by atoms with Gasteiger partial charge in [0.05, 0.1) is 19.0 Å². The first-order valence-corrected chi connectivity index (χ1v) is 8.90. The summed E-state index contributed by atoms with van der Waals surface area (Å²) in [4.78, 5) is 13.9. The number of nitrogens with zero attached hydrogens (tertiary/aromatic N) is 1. The lowest BCUT2D eigenvalue weighted by molar-refractivity contribution is -0.115. The van der Waals surface area contributed by atoms with Crippen molar-refractivity contribution in [2.24, 2.45) is 0 Å². The van der Waals surface area contributed by atoms with E-state index in [1.54, 1.807) is 6.07 Å². The summed E-state index contributed by atoms with van der Waals surface area (Å²) in [7, 11) is -3.12. The van der Waals surface area contributed by atoms with Gasteiger partial charge >= 0.3 is 0 Å². The lowest BCUT2D eigenvalue weighted by Gasteiger charge is -2.29. The van der Waals surface area contributed by atoms with Gasteiger partial charge in [-0.25, -0.2) is 8.42 Å². The molecule has 21 heavy (non-hydrogen) atoms. The normalized spacial score (nSPS) is 15.8. The zero-order valence-corrected chi connectivity index (χ0v) is 12.9. The molecule has 0 aliphatic carbocycles. The van der Waals surface area contributed by atoms with Gasteiger partial charge in [0.15, 0.2) is 0 Å². The molecule has 1 amide bonds. The zero-order chi connectivity index (χ0) is 15.3. The third-order valence-corrected chi connectivity index (χ3v) is 4.15. The van der Waals surface area contributed by atoms with Gasteiger partial charge in [0.1, 0.15) is 9.84 Å². The molecule has 2 rings (SSSR count). The van der Waals surface area contributed by atoms with Crippen LogP contribution in [-0.2, 0) is 19.4 Å². The van der Waals surface area contributed by atoms with E-state index in [1.165, 1.54) is 0 Å². The van der Waals surface area contributed by atoms with Crippen LogP contribution in [0.5, 0.6) is 0 Å². The second-order valence-electron chi connectivity index (χ2n) is 5.08. The Morgan fingerprint density at radius 2 is 2.05 bits per heavy atom. The molecule has 1 saturated heterocycles. The number of ether oxygens (including phenoxy) is 1. The number of nitrogens with one attached hydrogen (secondary N) is 1. The molecule has 0 radical (unpaired) electrons. The van der Waals surface area contributed by atoms with Gasteiger partial charge in [-0.05, 0) is 18.2 Å². The largest absolute Gasteiger partial charge is 0.378 e. The van der Waals surface area contributed by atoms with E-state index < -0.39 is 9.84 Å². The fourth-order valence-corrected chi connectivity index (χ4v) is 2.66. The molecule has 116 valence electrons. The van der Waals surface area contributed by atoms with Gasteiger partial charge in [0.2, 0.25) is 5.91 Å². The summed E-state index contributed by atoms with van der Waals surface area (Å²) in [5.74, 6) is -0.429. The molecule has 1 heterocycles. The Kier molecular flexibility index (Phi) is 5.19. The molecule has 1 aromatic rings. The maximum Gasteiger partial charge on any atom is 0.225 e. The Labute approximate surface area is 125 Å². The fourth-order valence-electron chi connectivity index (χ4n) is 2.10. The number of anilines is 2. The minimum Gasteiger partial charge on any atom is -0.378 e. The third kappa shape index (κ3) is 5.35. The number of amides is 1. The standard InChI is InChI=1S/C14H20N2O4S/c1-21(18,19)10-5-14(17)15-12-3-2-4-13(11-12)16-6-8-20-9-7-16/h2-4,11H,5-10H2,1H3,(H,15,17). The molecular weight excluding hydrogens is 292 g/mol. The quantitative estimate of drug-likeness (QED) is 0.874. The number of rotatable bonds is 5. The van der Waals surface area contributed by atoms with Gasteiger partial charge in [0, 0.05) is 37.1 Å². The SMILES string of the molecule is CS(=O)(=O)CCC(=O)Nc1cccc(N2CCOCC2)c1. The molecule has 0 saturated carbocycles. The highest BCUT2D eigenvalue weighted by Gasteiger charge is 2.12. The van der Waals surface area contributed by atoms with Crippen molar-refractivity contribution in [2.75, 3.05) is 48.5 Å². The second kappa shape index (κ2) is 6.91. The average Bonchev–Trinajstić information content (AvgIpc) is 2.46. The Bertz CT molecular complexity index is 595. The number of benzene rings is 1. The van der Waals surface area contributed by atoms with E-state index in [4.69, 9.17) is 4.74 Å². The van der Waals surface area contributed by atoms with E-state index >= 15 is 0 Å². The molecular formula is C14H20N2O4S. The van der Waals surface area contributed by atoms with Crippen LogP contribution in [0.4, 0.5) is 11.4 Å². The minimum atomic E-state index is -3.12. The maximum absolute atomic E-state index is 11.7. The van der Waals surface area contributed by atoms with E-state index in [2.05, 4.69) is 10.2 Å². The number of carbonyl (C=O) groups excluding carboxylic acids is 1. The highest BCUT2D eigenvalue weighted by Crippen LogP contribution is 2.20. The Morgan fingerprint density at radius 1 is 1.33 bits per heavy atom. The summed E-state index contributed by atoms with van der Waals surface area (Å²) >= 11 is 0. The van der Waals surface area contributed by atoms with Crippen molar-refractivity contribution in [2.45, 2.75) is 6.42 Å². The van der Waals surface area contributed by atoms with Crippen LogP contribution in [0.25, 0.3) is 0 Å². The van der Waals surface area contributed by atoms with Gasteiger partial charge < -0.3 is 15.0 Å². The lowest BCUT2D eigenvalue weighted by Crippen LogP contribution is -2.36. The van der Waals surface area contributed by atoms with Gasteiger partial charge in [-0.1, -0.05) is 6.07 Å². The number of hydrogen-bond acceptors (Lipinski definition) is 5. The van der Waals surface area contributed by atoms with Crippen LogP contribution in [0.15, 0.2) is 24.3 Å². The molecule has 0 atom stereocenters. The van der Waals surface area contributed by atoms with E-state index in [1.807, 2.05) is 18.2 Å². The van der Waals surface area contributed by atoms with Gasteiger partial charge in [0.25, 0.3) is 0 Å². The molecule has 1 N–H and O–H groups in total. The molecule has 6 nitrogen and oxygen atoms in total. The third-order valence-electron chi connectivity index (χ3n) is 3.21. The van der Waals surface area contributed by atoms with Crippen molar-refractivity contribution in [3.63, 3.8) is 0 Å². The molecule has 1 aliphatic rings. The van der Waals surface area contributed by atoms with E-state index in [-0.39, 0.29) is 18.1 Å². The minimum absolute atomic E-state index is 0.0272. The number of carbonyl (C=O) groups is 1. The maximum atomic E-state index is 11.7. The predicted octanol–water partition coefficient (Wildman–Crippen LogP) is 0.896. The molecule has 7 heteroatoms. The molecule has 1 fully saturated rings. The summed E-state index contributed by atoms with van der Waals surface area (Å²) < 4.78 is 27.4. The van der Waals surface area contributed by atoms with Gasteiger partial charge in [-0.3, -0.25) is 4.79 Å². The molecule has 0 spiro atoms. The van der Waals surface area contributed by atoms with Crippen LogP contribution >= 0.6 is 0 Å². The topological polar surface area (TPSA) is 75.7 Å². The Hall–Kier alpha value is -1.60. The number of hydrogen-bond donors (Lipinski definition) is 1. The monoisotopic (exact) mass is 312 g/mol. The first-order chi connectivity index (χ1) is 9.94. The molecule has 1 aliphatic heterocycles. The molecule has 0 unspecified atom stereocenters. The molecule has 1 aromatic carbocycles. The summed E-state index contributed by atoms with van der Waals surface area (Å²) in [5, 5.41) is 2.73. The van der Waals surface area contributed by atoms with Crippen molar-refractivity contribution in [3.05, 3.63) is 24.3 Å². The van der Waals surface area contributed by atoms with Crippen LogP contribution in [0.2, 0.25) is 0 Å². The summed E-state index contributed by atoms with van der Waals surface area (Å²) in [6.07, 6.45) is 1.10. The summed E-state index contributed by atoms with van der Waals surface area (Å²) in [6.45, 7) is 3.05. The smallest absolute Gasteiger partial charge is 0.225 e. The lowest BCUT2D eigenvalue weighted by atomic mass is 10.2. The van der Waals surface area contributed by atoms with Crippen molar-refractivity contribution >= 4 is 27.1 Å². The zero-order valence-electron chi connectivity index (χ0n) is 12.0. The van der Waals surface area contributed by atoms with Crippen LogP contribution in [0.3, 0.4) is 0 Å². The summed E-state index contributed by atoms with van der Waals surface area (Å²) in [6, 6.07) is 7.54. The van der Waals surface area contributed by atoms with E-state index in [0.29, 0.717) is 18.9 Å². The van der Waals surface area contributed by atoms with Gasteiger partial charge in [-0.2, -0.15) is 0 Å². The number of morpholine rings is 1. The van der Waals surface area contributed by atoms with E-state index in [0.717, 1.165) is 25.0 Å². The first-order valence-electron chi connectivity index (χ1n) is 6.84. The van der Waals surface area contributed by atoms with Crippen molar-refractivity contribution in [1.82, 2.24) is 0 Å². The Balaban J connectivity index is 1.95.